The summed E-state index contributed by atoms with van der Waals surface area (Å²) >= 11 is 0. The van der Waals surface area contributed by atoms with Crippen molar-refractivity contribution in [3.05, 3.63) is 65.2 Å². The minimum Gasteiger partial charge on any atom is -0.484 e. The van der Waals surface area contributed by atoms with E-state index in [0.717, 1.165) is 43.1 Å². The van der Waals surface area contributed by atoms with Gasteiger partial charge in [0.1, 0.15) is 5.75 Å². The first kappa shape index (κ1) is 21.5. The predicted molar refractivity (Wildman–Crippen MR) is 99.5 cm³/mol. The quantitative estimate of drug-likeness (QED) is 0.667. The Hall–Kier alpha value is -2.19. The molecule has 1 fully saturated rings. The highest BCUT2D eigenvalue weighted by atomic mass is 19.4. The van der Waals surface area contributed by atoms with Gasteiger partial charge in [0, 0.05) is 19.1 Å². The van der Waals surface area contributed by atoms with Crippen LogP contribution in [0.1, 0.15) is 24.0 Å². The van der Waals surface area contributed by atoms with Gasteiger partial charge >= 0.3 is 6.18 Å². The van der Waals surface area contributed by atoms with E-state index in [1.165, 1.54) is 12.1 Å². The molecule has 0 atom stereocenters. The van der Waals surface area contributed by atoms with Gasteiger partial charge in [0.15, 0.2) is 18.2 Å². The summed E-state index contributed by atoms with van der Waals surface area (Å²) in [7, 11) is 0. The van der Waals surface area contributed by atoms with E-state index in [0.29, 0.717) is 13.1 Å². The molecule has 0 aliphatic carbocycles. The van der Waals surface area contributed by atoms with E-state index in [1.807, 2.05) is 6.07 Å². The molecule has 2 aromatic carbocycles. The fourth-order valence-electron chi connectivity index (χ4n) is 3.36. The molecular weight excluding hydrogens is 391 g/mol. The Balaban J connectivity index is 1.42. The molecule has 3 rings (SSSR count). The summed E-state index contributed by atoms with van der Waals surface area (Å²) in [5, 5.41) is 3.42. The van der Waals surface area contributed by atoms with Crippen LogP contribution >= 0.6 is 0 Å². The van der Waals surface area contributed by atoms with E-state index in [-0.39, 0.29) is 11.8 Å². The number of likely N-dealkylation sites (tertiary alicyclic amines) is 1. The number of hydrogen-bond acceptors (Lipinski definition) is 3. The highest BCUT2D eigenvalue weighted by Crippen LogP contribution is 2.20. The monoisotopic (exact) mass is 414 g/mol. The van der Waals surface area contributed by atoms with Crippen LogP contribution in [0.25, 0.3) is 0 Å². The molecule has 29 heavy (non-hydrogen) atoms. The average Bonchev–Trinajstić information content (AvgIpc) is 2.69. The maximum Gasteiger partial charge on any atom is 0.422 e. The van der Waals surface area contributed by atoms with E-state index in [2.05, 4.69) is 10.2 Å². The van der Waals surface area contributed by atoms with Crippen LogP contribution in [-0.4, -0.2) is 36.8 Å². The third kappa shape index (κ3) is 6.97. The summed E-state index contributed by atoms with van der Waals surface area (Å²) in [6.07, 6.45) is -2.57. The summed E-state index contributed by atoms with van der Waals surface area (Å²) in [5.74, 6) is -1.48. The van der Waals surface area contributed by atoms with Gasteiger partial charge in [-0.15, -0.1) is 0 Å². The molecule has 158 valence electrons. The van der Waals surface area contributed by atoms with Gasteiger partial charge in [-0.25, -0.2) is 8.78 Å². The highest BCUT2D eigenvalue weighted by molar-refractivity contribution is 5.28. The van der Waals surface area contributed by atoms with Gasteiger partial charge in [-0.3, -0.25) is 4.90 Å². The van der Waals surface area contributed by atoms with Crippen LogP contribution in [0.2, 0.25) is 0 Å². The molecule has 1 aliphatic rings. The van der Waals surface area contributed by atoms with Crippen molar-refractivity contribution in [1.29, 1.82) is 0 Å². The summed E-state index contributed by atoms with van der Waals surface area (Å²) in [5.41, 5.74) is 1.60. The van der Waals surface area contributed by atoms with Gasteiger partial charge in [0.2, 0.25) is 0 Å². The maximum absolute atomic E-state index is 13.3. The number of nitrogens with one attached hydrogen (secondary N) is 1. The number of hydrogen-bond donors (Lipinski definition) is 1. The van der Waals surface area contributed by atoms with E-state index in [1.54, 1.807) is 18.2 Å². The van der Waals surface area contributed by atoms with Crippen molar-refractivity contribution < 1.29 is 26.7 Å². The van der Waals surface area contributed by atoms with E-state index >= 15 is 0 Å². The Morgan fingerprint density at radius 3 is 2.41 bits per heavy atom. The Labute approximate surface area is 166 Å². The molecule has 0 radical (unpaired) electrons. The number of nitrogens with zero attached hydrogens (tertiary/aromatic N) is 1. The zero-order valence-corrected chi connectivity index (χ0v) is 15.8. The van der Waals surface area contributed by atoms with Gasteiger partial charge < -0.3 is 10.1 Å². The molecule has 0 bridgehead atoms. The molecule has 1 saturated heterocycles. The van der Waals surface area contributed by atoms with Crippen molar-refractivity contribution in [1.82, 2.24) is 10.2 Å². The summed E-state index contributed by atoms with van der Waals surface area (Å²) in [6.45, 7) is 1.46. The molecule has 1 aliphatic heterocycles. The summed E-state index contributed by atoms with van der Waals surface area (Å²) < 4.78 is 67.9. The van der Waals surface area contributed by atoms with E-state index in [4.69, 9.17) is 4.74 Å². The molecule has 0 spiro atoms. The molecule has 0 aromatic heterocycles. The fraction of sp³-hybridized carbons (Fsp3) is 0.429. The number of halogens is 5. The maximum atomic E-state index is 13.3. The second kappa shape index (κ2) is 9.54. The van der Waals surface area contributed by atoms with Crippen LogP contribution < -0.4 is 10.1 Å². The van der Waals surface area contributed by atoms with Crippen LogP contribution in [0.15, 0.2) is 42.5 Å². The first-order valence-electron chi connectivity index (χ1n) is 9.47. The minimum absolute atomic E-state index is 0.197. The van der Waals surface area contributed by atoms with Crippen LogP contribution in [0.4, 0.5) is 22.0 Å². The smallest absolute Gasteiger partial charge is 0.422 e. The summed E-state index contributed by atoms with van der Waals surface area (Å²) in [4.78, 5) is 2.19. The fourth-order valence-corrected chi connectivity index (χ4v) is 3.36. The third-order valence-electron chi connectivity index (χ3n) is 4.87. The van der Waals surface area contributed by atoms with Gasteiger partial charge in [0.25, 0.3) is 0 Å². The number of piperidine rings is 1. The van der Waals surface area contributed by atoms with Crippen molar-refractivity contribution >= 4 is 0 Å². The molecule has 0 amide bonds. The SMILES string of the molecule is Fc1ccc(CN2CCC(NCc3cccc(OCC(F)(F)F)c3)CC2)cc1F. The van der Waals surface area contributed by atoms with Crippen molar-refractivity contribution in [3.63, 3.8) is 0 Å². The highest BCUT2D eigenvalue weighted by Gasteiger charge is 2.28. The van der Waals surface area contributed by atoms with Gasteiger partial charge in [-0.1, -0.05) is 18.2 Å². The lowest BCUT2D eigenvalue weighted by Crippen LogP contribution is -2.41. The van der Waals surface area contributed by atoms with E-state index in [9.17, 15) is 22.0 Å². The largest absolute Gasteiger partial charge is 0.484 e. The van der Waals surface area contributed by atoms with Gasteiger partial charge in [0.05, 0.1) is 0 Å². The average molecular weight is 414 g/mol. The third-order valence-corrected chi connectivity index (χ3v) is 4.87. The van der Waals surface area contributed by atoms with Gasteiger partial charge in [-0.2, -0.15) is 13.2 Å². The second-order valence-corrected chi connectivity index (χ2v) is 7.23. The lowest BCUT2D eigenvalue weighted by molar-refractivity contribution is -0.153. The first-order valence-corrected chi connectivity index (χ1v) is 9.47. The molecule has 0 unspecified atom stereocenters. The zero-order valence-electron chi connectivity index (χ0n) is 15.8. The molecular formula is C21H23F5N2O. The topological polar surface area (TPSA) is 24.5 Å². The predicted octanol–water partition coefficient (Wildman–Crippen LogP) is 4.66. The lowest BCUT2D eigenvalue weighted by Gasteiger charge is -2.32. The summed E-state index contributed by atoms with van der Waals surface area (Å²) in [6, 6.07) is 10.9. The molecule has 2 aromatic rings. The molecule has 0 saturated carbocycles. The van der Waals surface area contributed by atoms with Crippen LogP contribution in [0.3, 0.4) is 0 Å². The number of alkyl halides is 3. The van der Waals surface area contributed by atoms with Crippen LogP contribution in [0, 0.1) is 11.6 Å². The van der Waals surface area contributed by atoms with Crippen LogP contribution in [-0.2, 0) is 13.1 Å². The van der Waals surface area contributed by atoms with Crippen molar-refractivity contribution in [2.75, 3.05) is 19.7 Å². The molecule has 3 nitrogen and oxygen atoms in total. The lowest BCUT2D eigenvalue weighted by atomic mass is 10.0. The first-order chi connectivity index (χ1) is 13.8. The molecule has 8 heteroatoms. The second-order valence-electron chi connectivity index (χ2n) is 7.23. The Bertz CT molecular complexity index is 804. The number of ether oxygens (including phenoxy) is 1. The number of benzene rings is 2. The van der Waals surface area contributed by atoms with E-state index < -0.39 is 24.4 Å². The standard InChI is InChI=1S/C21H23F5N2O/c22-19-5-4-16(11-20(19)23)13-28-8-6-17(7-9-28)27-12-15-2-1-3-18(10-15)29-14-21(24,25)26/h1-5,10-11,17,27H,6-9,12-14H2. The Morgan fingerprint density at radius 2 is 1.72 bits per heavy atom. The molecule has 1 N–H and O–H groups in total. The van der Waals surface area contributed by atoms with Crippen LogP contribution in [0.5, 0.6) is 5.75 Å². The minimum atomic E-state index is -4.36. The van der Waals surface area contributed by atoms with Crippen molar-refractivity contribution in [3.8, 4) is 5.75 Å². The zero-order chi connectivity index (χ0) is 20.9. The Morgan fingerprint density at radius 1 is 0.966 bits per heavy atom. The Kier molecular flexibility index (Phi) is 7.08. The molecule has 1 heterocycles. The number of rotatable bonds is 7. The van der Waals surface area contributed by atoms with Crippen molar-refractivity contribution in [2.24, 2.45) is 0 Å². The normalized spacial score (nSPS) is 16.2. The van der Waals surface area contributed by atoms with Gasteiger partial charge in [-0.05, 0) is 61.3 Å². The van der Waals surface area contributed by atoms with Crippen molar-refractivity contribution in [2.45, 2.75) is 38.1 Å².